The number of rotatable bonds is 6. The number of methoxy groups -OCH3 is 1. The number of carbonyl (C=O) groups is 1. The predicted molar refractivity (Wildman–Crippen MR) is 111 cm³/mol. The number of morpholine rings is 1. The van der Waals surface area contributed by atoms with Crippen LogP contribution in [0.25, 0.3) is 0 Å². The second-order valence-corrected chi connectivity index (χ2v) is 7.76. The second-order valence-electron chi connectivity index (χ2n) is 7.76. The minimum Gasteiger partial charge on any atom is -0.497 e. The lowest BCUT2D eigenvalue weighted by molar-refractivity contribution is -0.117. The zero-order chi connectivity index (χ0) is 22.0. The van der Waals surface area contributed by atoms with E-state index in [0.29, 0.717) is 26.3 Å². The van der Waals surface area contributed by atoms with Gasteiger partial charge in [-0.15, -0.1) is 0 Å². The van der Waals surface area contributed by atoms with Gasteiger partial charge in [0.25, 0.3) is 5.56 Å². The Labute approximate surface area is 178 Å². The average molecular weight is 433 g/mol. The van der Waals surface area contributed by atoms with Gasteiger partial charge in [-0.2, -0.15) is 0 Å². The molecule has 2 aliphatic rings. The summed E-state index contributed by atoms with van der Waals surface area (Å²) in [7, 11) is 1.33. The van der Waals surface area contributed by atoms with Crippen LogP contribution in [0.15, 0.2) is 35.3 Å². The molecule has 1 atom stereocenters. The molecule has 0 radical (unpaired) electrons. The molecule has 1 aromatic heterocycles. The Bertz CT molecular complexity index is 997. The standard InChI is InChI=1S/C22H25F2N3O4/c1-30-16-12-17(23)21(18(24)13-16)15-11-20(28)27(14-15)19-3-2-4-26(22(19)29)6-5-25-7-9-31-10-8-25/h2-4,12-13,15H,5-11,14H2,1H3/t15-/m0/s1. The van der Waals surface area contributed by atoms with Gasteiger partial charge in [0.1, 0.15) is 23.1 Å². The number of benzene rings is 1. The van der Waals surface area contributed by atoms with Gasteiger partial charge >= 0.3 is 0 Å². The van der Waals surface area contributed by atoms with Gasteiger partial charge in [-0.3, -0.25) is 14.5 Å². The van der Waals surface area contributed by atoms with E-state index in [2.05, 4.69) is 4.90 Å². The molecule has 0 aliphatic carbocycles. The first-order chi connectivity index (χ1) is 15.0. The number of hydrogen-bond acceptors (Lipinski definition) is 5. The number of nitrogens with zero attached hydrogens (tertiary/aromatic N) is 3. The molecule has 7 nitrogen and oxygen atoms in total. The molecule has 9 heteroatoms. The van der Waals surface area contributed by atoms with Crippen LogP contribution < -0.4 is 15.2 Å². The van der Waals surface area contributed by atoms with Gasteiger partial charge in [0.05, 0.1) is 20.3 Å². The average Bonchev–Trinajstić information content (AvgIpc) is 3.14. The second kappa shape index (κ2) is 9.15. The maximum absolute atomic E-state index is 14.5. The maximum Gasteiger partial charge on any atom is 0.274 e. The predicted octanol–water partition coefficient (Wildman–Crippen LogP) is 1.99. The number of ether oxygens (including phenoxy) is 2. The molecule has 2 fully saturated rings. The number of carbonyl (C=O) groups excluding carboxylic acids is 1. The first-order valence-electron chi connectivity index (χ1n) is 10.3. The fourth-order valence-electron chi connectivity index (χ4n) is 4.18. The van der Waals surface area contributed by atoms with Crippen LogP contribution in [0, 0.1) is 11.6 Å². The lowest BCUT2D eigenvalue weighted by Gasteiger charge is -2.26. The van der Waals surface area contributed by atoms with Crippen LogP contribution in [0.1, 0.15) is 17.9 Å². The topological polar surface area (TPSA) is 64.0 Å². The normalized spacial score (nSPS) is 19.8. The molecule has 0 spiro atoms. The van der Waals surface area contributed by atoms with Crippen LogP contribution in [0.2, 0.25) is 0 Å². The number of pyridine rings is 1. The summed E-state index contributed by atoms with van der Waals surface area (Å²) in [4.78, 5) is 29.2. The minimum absolute atomic E-state index is 0.0434. The Kier molecular flexibility index (Phi) is 6.33. The molecule has 1 aromatic carbocycles. The third-order valence-corrected chi connectivity index (χ3v) is 5.87. The molecule has 2 aliphatic heterocycles. The molecule has 166 valence electrons. The van der Waals surface area contributed by atoms with Crippen LogP contribution in [-0.2, 0) is 16.1 Å². The summed E-state index contributed by atoms with van der Waals surface area (Å²) in [5.41, 5.74) is -0.216. The summed E-state index contributed by atoms with van der Waals surface area (Å²) in [6.07, 6.45) is 1.62. The van der Waals surface area contributed by atoms with Gasteiger partial charge in [-0.05, 0) is 12.1 Å². The molecule has 1 amide bonds. The van der Waals surface area contributed by atoms with Crippen molar-refractivity contribution in [3.63, 3.8) is 0 Å². The summed E-state index contributed by atoms with van der Waals surface area (Å²) in [6.45, 7) is 4.22. The Balaban J connectivity index is 1.53. The van der Waals surface area contributed by atoms with Crippen molar-refractivity contribution in [2.24, 2.45) is 0 Å². The van der Waals surface area contributed by atoms with Crippen molar-refractivity contribution in [2.45, 2.75) is 18.9 Å². The van der Waals surface area contributed by atoms with E-state index >= 15 is 0 Å². The van der Waals surface area contributed by atoms with Crippen molar-refractivity contribution in [1.29, 1.82) is 0 Å². The first-order valence-corrected chi connectivity index (χ1v) is 10.3. The lowest BCUT2D eigenvalue weighted by atomic mass is 9.97. The largest absolute Gasteiger partial charge is 0.497 e. The Hall–Kier alpha value is -2.78. The van der Waals surface area contributed by atoms with E-state index in [1.165, 1.54) is 12.0 Å². The molecule has 0 unspecified atom stereocenters. The summed E-state index contributed by atoms with van der Waals surface area (Å²) in [5, 5.41) is 0. The molecular formula is C22H25F2N3O4. The number of anilines is 1. The molecule has 2 saturated heterocycles. The molecule has 0 N–H and O–H groups in total. The zero-order valence-corrected chi connectivity index (χ0v) is 17.4. The van der Waals surface area contributed by atoms with E-state index < -0.39 is 17.6 Å². The zero-order valence-electron chi connectivity index (χ0n) is 17.4. The molecule has 0 bridgehead atoms. The highest BCUT2D eigenvalue weighted by Gasteiger charge is 2.36. The monoisotopic (exact) mass is 433 g/mol. The van der Waals surface area contributed by atoms with Crippen LogP contribution in [0.5, 0.6) is 5.75 Å². The maximum atomic E-state index is 14.5. The highest BCUT2D eigenvalue weighted by Crippen LogP contribution is 2.35. The van der Waals surface area contributed by atoms with Crippen molar-refractivity contribution < 1.29 is 23.0 Å². The molecular weight excluding hydrogens is 408 g/mol. The fraction of sp³-hybridized carbons (Fsp3) is 0.455. The van der Waals surface area contributed by atoms with E-state index in [-0.39, 0.29) is 41.4 Å². The van der Waals surface area contributed by atoms with Crippen LogP contribution in [-0.4, -0.2) is 61.9 Å². The summed E-state index contributed by atoms with van der Waals surface area (Å²) < 4.78 is 40.8. The minimum atomic E-state index is -0.757. The van der Waals surface area contributed by atoms with Gasteiger partial charge in [0.2, 0.25) is 5.91 Å². The van der Waals surface area contributed by atoms with E-state index in [1.54, 1.807) is 22.9 Å². The number of hydrogen-bond donors (Lipinski definition) is 0. The Morgan fingerprint density at radius 3 is 2.52 bits per heavy atom. The quantitative estimate of drug-likeness (QED) is 0.697. The van der Waals surface area contributed by atoms with Crippen LogP contribution in [0.4, 0.5) is 14.5 Å². The highest BCUT2D eigenvalue weighted by molar-refractivity contribution is 5.96. The van der Waals surface area contributed by atoms with E-state index in [4.69, 9.17) is 9.47 Å². The van der Waals surface area contributed by atoms with Crippen molar-refractivity contribution in [3.8, 4) is 5.75 Å². The van der Waals surface area contributed by atoms with E-state index in [0.717, 1.165) is 25.2 Å². The van der Waals surface area contributed by atoms with Crippen LogP contribution >= 0.6 is 0 Å². The van der Waals surface area contributed by atoms with E-state index in [9.17, 15) is 18.4 Å². The van der Waals surface area contributed by atoms with Crippen molar-refractivity contribution >= 4 is 11.6 Å². The van der Waals surface area contributed by atoms with Gasteiger partial charge < -0.3 is 18.9 Å². The van der Waals surface area contributed by atoms with Gasteiger partial charge in [-0.1, -0.05) is 0 Å². The highest BCUT2D eigenvalue weighted by atomic mass is 19.1. The third-order valence-electron chi connectivity index (χ3n) is 5.87. The smallest absolute Gasteiger partial charge is 0.274 e. The Morgan fingerprint density at radius 1 is 1.13 bits per heavy atom. The fourth-order valence-corrected chi connectivity index (χ4v) is 4.18. The number of aromatic nitrogens is 1. The van der Waals surface area contributed by atoms with Crippen molar-refractivity contribution in [2.75, 3.05) is 51.4 Å². The van der Waals surface area contributed by atoms with Crippen molar-refractivity contribution in [1.82, 2.24) is 9.47 Å². The van der Waals surface area contributed by atoms with Crippen LogP contribution in [0.3, 0.4) is 0 Å². The lowest BCUT2D eigenvalue weighted by Crippen LogP contribution is -2.40. The Morgan fingerprint density at radius 2 is 1.84 bits per heavy atom. The molecule has 3 heterocycles. The summed E-state index contributed by atoms with van der Waals surface area (Å²) in [6, 6.07) is 5.50. The third kappa shape index (κ3) is 4.47. The molecule has 4 rings (SSSR count). The van der Waals surface area contributed by atoms with Gasteiger partial charge in [0, 0.05) is 69.0 Å². The molecule has 0 saturated carbocycles. The van der Waals surface area contributed by atoms with Gasteiger partial charge in [0.15, 0.2) is 0 Å². The SMILES string of the molecule is COc1cc(F)c([C@H]2CC(=O)N(c3cccn(CCN4CCOCC4)c3=O)C2)c(F)c1. The molecule has 2 aromatic rings. The number of amides is 1. The summed E-state index contributed by atoms with van der Waals surface area (Å²) >= 11 is 0. The first kappa shape index (κ1) is 21.5. The van der Waals surface area contributed by atoms with Crippen molar-refractivity contribution in [3.05, 3.63) is 58.0 Å². The number of halogens is 2. The molecule has 31 heavy (non-hydrogen) atoms. The summed E-state index contributed by atoms with van der Waals surface area (Å²) in [5.74, 6) is -2.45. The van der Waals surface area contributed by atoms with E-state index in [1.807, 2.05) is 0 Å². The van der Waals surface area contributed by atoms with Gasteiger partial charge in [-0.25, -0.2) is 8.78 Å².